The smallest absolute Gasteiger partial charge is 0.152 e. The van der Waals surface area contributed by atoms with Gasteiger partial charge in [0.2, 0.25) is 0 Å². The third-order valence-electron chi connectivity index (χ3n) is 1.98. The molecule has 0 aliphatic rings. The van der Waals surface area contributed by atoms with Crippen LogP contribution >= 0.6 is 0 Å². The number of hydrogen-bond donors (Lipinski definition) is 1. The lowest BCUT2D eigenvalue weighted by atomic mass is 9.96. The highest BCUT2D eigenvalue weighted by Crippen LogP contribution is 2.17. The van der Waals surface area contributed by atoms with Crippen molar-refractivity contribution in [2.45, 2.75) is 27.0 Å². The Hall–Kier alpha value is -0.570. The topological polar surface area (TPSA) is 47.6 Å². The second-order valence-corrected chi connectivity index (χ2v) is 3.03. The second kappa shape index (κ2) is 5.13. The van der Waals surface area contributed by atoms with E-state index < -0.39 is 0 Å². The SMILES string of the molecule is COC(N=CN)[C@@H](C)C(C)C. The molecule has 0 heterocycles. The Bertz CT molecular complexity index is 123. The molecule has 11 heavy (non-hydrogen) atoms. The minimum Gasteiger partial charge on any atom is -0.390 e. The van der Waals surface area contributed by atoms with Gasteiger partial charge in [0, 0.05) is 13.0 Å². The van der Waals surface area contributed by atoms with Crippen molar-refractivity contribution in [3.05, 3.63) is 0 Å². The van der Waals surface area contributed by atoms with Crippen molar-refractivity contribution in [3.8, 4) is 0 Å². The van der Waals surface area contributed by atoms with Gasteiger partial charge >= 0.3 is 0 Å². The molecular weight excluding hydrogens is 140 g/mol. The lowest BCUT2D eigenvalue weighted by molar-refractivity contribution is 0.0485. The maximum atomic E-state index is 5.17. The van der Waals surface area contributed by atoms with Gasteiger partial charge in [0.1, 0.15) is 0 Å². The first-order valence-electron chi connectivity index (χ1n) is 3.89. The van der Waals surface area contributed by atoms with Crippen LogP contribution in [0.5, 0.6) is 0 Å². The Morgan fingerprint density at radius 1 is 1.36 bits per heavy atom. The molecule has 0 saturated carbocycles. The largest absolute Gasteiger partial charge is 0.390 e. The molecule has 3 nitrogen and oxygen atoms in total. The first-order valence-corrected chi connectivity index (χ1v) is 3.89. The molecule has 0 amide bonds. The van der Waals surface area contributed by atoms with Gasteiger partial charge in [-0.05, 0) is 5.92 Å². The van der Waals surface area contributed by atoms with Gasteiger partial charge in [-0.3, -0.25) is 0 Å². The highest BCUT2D eigenvalue weighted by molar-refractivity contribution is 5.51. The fourth-order valence-electron chi connectivity index (χ4n) is 0.825. The zero-order valence-corrected chi connectivity index (χ0v) is 7.74. The van der Waals surface area contributed by atoms with Crippen LogP contribution in [-0.4, -0.2) is 19.7 Å². The number of rotatable bonds is 4. The first kappa shape index (κ1) is 10.4. The number of nitrogens with zero attached hydrogens (tertiary/aromatic N) is 1. The predicted octanol–water partition coefficient (Wildman–Crippen LogP) is 1.24. The van der Waals surface area contributed by atoms with Crippen molar-refractivity contribution in [3.63, 3.8) is 0 Å². The fraction of sp³-hybridized carbons (Fsp3) is 0.875. The molecule has 0 saturated heterocycles. The number of hydrogen-bond acceptors (Lipinski definition) is 2. The van der Waals surface area contributed by atoms with E-state index in [1.54, 1.807) is 7.11 Å². The number of ether oxygens (including phenoxy) is 1. The molecule has 0 aliphatic heterocycles. The van der Waals surface area contributed by atoms with Crippen LogP contribution < -0.4 is 5.73 Å². The summed E-state index contributed by atoms with van der Waals surface area (Å²) < 4.78 is 5.14. The Balaban J connectivity index is 4.02. The van der Waals surface area contributed by atoms with E-state index in [9.17, 15) is 0 Å². The second-order valence-electron chi connectivity index (χ2n) is 3.03. The molecule has 0 spiro atoms. The molecule has 0 bridgehead atoms. The van der Waals surface area contributed by atoms with Crippen LogP contribution in [-0.2, 0) is 4.74 Å². The van der Waals surface area contributed by atoms with Crippen LogP contribution in [0.3, 0.4) is 0 Å². The highest BCUT2D eigenvalue weighted by atomic mass is 16.5. The summed E-state index contributed by atoms with van der Waals surface area (Å²) in [5, 5.41) is 0. The molecule has 3 heteroatoms. The Labute approximate surface area is 68.6 Å². The van der Waals surface area contributed by atoms with Crippen LogP contribution in [0.2, 0.25) is 0 Å². The van der Waals surface area contributed by atoms with Gasteiger partial charge in [0.25, 0.3) is 0 Å². The fourth-order valence-corrected chi connectivity index (χ4v) is 0.825. The monoisotopic (exact) mass is 158 g/mol. The third kappa shape index (κ3) is 3.37. The quantitative estimate of drug-likeness (QED) is 0.494. The van der Waals surface area contributed by atoms with Gasteiger partial charge in [-0.2, -0.15) is 0 Å². The van der Waals surface area contributed by atoms with Crippen molar-refractivity contribution in [2.24, 2.45) is 22.6 Å². The van der Waals surface area contributed by atoms with Crippen molar-refractivity contribution in [1.29, 1.82) is 0 Å². The number of methoxy groups -OCH3 is 1. The zero-order valence-electron chi connectivity index (χ0n) is 7.74. The zero-order chi connectivity index (χ0) is 8.85. The molecule has 2 atom stereocenters. The van der Waals surface area contributed by atoms with E-state index in [0.717, 1.165) is 0 Å². The van der Waals surface area contributed by atoms with Crippen LogP contribution in [0.1, 0.15) is 20.8 Å². The average molecular weight is 158 g/mol. The summed E-state index contributed by atoms with van der Waals surface area (Å²) in [6.07, 6.45) is 1.20. The third-order valence-corrected chi connectivity index (χ3v) is 1.98. The minimum absolute atomic E-state index is 0.0972. The molecule has 0 rings (SSSR count). The molecule has 0 radical (unpaired) electrons. The standard InChI is InChI=1S/C8H18N2O/c1-6(2)7(3)8(11-4)10-5-9/h5-8H,1-4H3,(H2,9,10)/t7-,8?/m0/s1. The summed E-state index contributed by atoms with van der Waals surface area (Å²) in [6, 6.07) is 0. The lowest BCUT2D eigenvalue weighted by Gasteiger charge is -2.21. The molecule has 0 aromatic rings. The van der Waals surface area contributed by atoms with E-state index >= 15 is 0 Å². The van der Waals surface area contributed by atoms with Gasteiger partial charge in [-0.1, -0.05) is 20.8 Å². The van der Waals surface area contributed by atoms with Crippen molar-refractivity contribution < 1.29 is 4.74 Å². The minimum atomic E-state index is -0.0972. The lowest BCUT2D eigenvalue weighted by Crippen LogP contribution is -2.23. The Morgan fingerprint density at radius 2 is 1.91 bits per heavy atom. The van der Waals surface area contributed by atoms with Gasteiger partial charge in [-0.15, -0.1) is 0 Å². The predicted molar refractivity (Wildman–Crippen MR) is 47.5 cm³/mol. The van der Waals surface area contributed by atoms with E-state index in [1.165, 1.54) is 6.34 Å². The molecule has 0 fully saturated rings. The summed E-state index contributed by atoms with van der Waals surface area (Å²) in [5.74, 6) is 0.962. The van der Waals surface area contributed by atoms with Gasteiger partial charge in [0.15, 0.2) is 6.23 Å². The van der Waals surface area contributed by atoms with E-state index in [-0.39, 0.29) is 6.23 Å². The van der Waals surface area contributed by atoms with E-state index in [1.807, 2.05) is 0 Å². The van der Waals surface area contributed by atoms with Gasteiger partial charge in [0.05, 0.1) is 6.34 Å². The van der Waals surface area contributed by atoms with E-state index in [2.05, 4.69) is 25.8 Å². The summed E-state index contributed by atoms with van der Waals surface area (Å²) >= 11 is 0. The van der Waals surface area contributed by atoms with Crippen LogP contribution in [0, 0.1) is 11.8 Å². The summed E-state index contributed by atoms with van der Waals surface area (Å²) in [4.78, 5) is 3.99. The summed E-state index contributed by atoms with van der Waals surface area (Å²) in [5.41, 5.74) is 5.17. The Kier molecular flexibility index (Phi) is 4.86. The van der Waals surface area contributed by atoms with Crippen LogP contribution in [0.25, 0.3) is 0 Å². The molecule has 0 aliphatic carbocycles. The molecule has 0 aromatic heterocycles. The number of aliphatic imine (C=N–C) groups is 1. The average Bonchev–Trinajstić information content (AvgIpc) is 1.98. The van der Waals surface area contributed by atoms with Crippen molar-refractivity contribution >= 4 is 6.34 Å². The van der Waals surface area contributed by atoms with Crippen molar-refractivity contribution in [2.75, 3.05) is 7.11 Å². The molecule has 2 N–H and O–H groups in total. The van der Waals surface area contributed by atoms with Crippen LogP contribution in [0.4, 0.5) is 0 Å². The van der Waals surface area contributed by atoms with E-state index in [0.29, 0.717) is 11.8 Å². The first-order chi connectivity index (χ1) is 5.13. The molecule has 1 unspecified atom stereocenters. The summed E-state index contributed by atoms with van der Waals surface area (Å²) in [6.45, 7) is 6.39. The normalized spacial score (nSPS) is 17.5. The molecular formula is C8H18N2O. The Morgan fingerprint density at radius 3 is 2.18 bits per heavy atom. The number of nitrogens with two attached hydrogens (primary N) is 1. The van der Waals surface area contributed by atoms with E-state index in [4.69, 9.17) is 10.5 Å². The summed E-state index contributed by atoms with van der Waals surface area (Å²) in [7, 11) is 1.65. The van der Waals surface area contributed by atoms with Gasteiger partial charge in [-0.25, -0.2) is 4.99 Å². The maximum Gasteiger partial charge on any atom is 0.152 e. The molecule has 0 aromatic carbocycles. The van der Waals surface area contributed by atoms with Crippen molar-refractivity contribution in [1.82, 2.24) is 0 Å². The highest BCUT2D eigenvalue weighted by Gasteiger charge is 2.17. The van der Waals surface area contributed by atoms with Crippen LogP contribution in [0.15, 0.2) is 4.99 Å². The molecule has 66 valence electrons. The van der Waals surface area contributed by atoms with Gasteiger partial charge < -0.3 is 10.5 Å². The maximum absolute atomic E-state index is 5.17.